The minimum Gasteiger partial charge on any atom is -0.460 e. The molecule has 0 aromatic heterocycles. The van der Waals surface area contributed by atoms with Crippen LogP contribution in [0.3, 0.4) is 0 Å². The first-order chi connectivity index (χ1) is 13.4. The maximum absolute atomic E-state index is 14.0. The normalized spacial score (nSPS) is 25.5. The summed E-state index contributed by atoms with van der Waals surface area (Å²) in [4.78, 5) is 13.2. The average molecular weight is 399 g/mol. The van der Waals surface area contributed by atoms with Gasteiger partial charge in [0.05, 0.1) is 18.3 Å². The molecule has 0 saturated heterocycles. The Morgan fingerprint density at radius 1 is 1.14 bits per heavy atom. The van der Waals surface area contributed by atoms with Crippen LogP contribution in [-0.4, -0.2) is 23.3 Å². The average Bonchev–Trinajstić information content (AvgIpc) is 3.36. The summed E-state index contributed by atoms with van der Waals surface area (Å²) in [6.45, 7) is 5.82. The van der Waals surface area contributed by atoms with Crippen LogP contribution >= 0.6 is 7.37 Å². The van der Waals surface area contributed by atoms with Crippen molar-refractivity contribution >= 4 is 13.3 Å². The smallest absolute Gasteiger partial charge is 0.324 e. The van der Waals surface area contributed by atoms with Gasteiger partial charge in [0.15, 0.2) is 5.16 Å². The van der Waals surface area contributed by atoms with Gasteiger partial charge < -0.3 is 15.0 Å². The maximum Gasteiger partial charge on any atom is 0.324 e. The van der Waals surface area contributed by atoms with Crippen molar-refractivity contribution < 1.29 is 18.6 Å². The molecule has 0 bridgehead atoms. The fourth-order valence-electron chi connectivity index (χ4n) is 3.62. The monoisotopic (exact) mass is 399 g/mol. The lowest BCUT2D eigenvalue weighted by atomic mass is 10.2. The fraction of sp³-hybridized carbons (Fsp3) is 0.318. The molecule has 6 heteroatoms. The van der Waals surface area contributed by atoms with Gasteiger partial charge in [-0.15, -0.1) is 6.58 Å². The van der Waals surface area contributed by atoms with Crippen LogP contribution in [0.25, 0.3) is 0 Å². The highest BCUT2D eigenvalue weighted by Crippen LogP contribution is 2.76. The molecule has 148 valence electrons. The quantitative estimate of drug-likeness (QED) is 0.387. The summed E-state index contributed by atoms with van der Waals surface area (Å²) in [5.41, 5.74) is 6.96. The molecule has 0 amide bonds. The SMILES string of the molecule is C=CC1(N)CC1(C(=O)OCc1ccccc1)P(=O)(Cc1ccccc1)OCC. The Morgan fingerprint density at radius 3 is 2.21 bits per heavy atom. The van der Waals surface area contributed by atoms with Crippen LogP contribution in [0, 0.1) is 0 Å². The summed E-state index contributed by atoms with van der Waals surface area (Å²) in [7, 11) is -3.52. The second-order valence-corrected chi connectivity index (χ2v) is 9.76. The van der Waals surface area contributed by atoms with Gasteiger partial charge in [-0.1, -0.05) is 66.7 Å². The topological polar surface area (TPSA) is 78.6 Å². The number of carbonyl (C=O) groups excluding carboxylic acids is 1. The Hall–Kier alpha value is -2.20. The second-order valence-electron chi connectivity index (χ2n) is 7.08. The molecular weight excluding hydrogens is 373 g/mol. The Labute approximate surface area is 166 Å². The molecule has 0 heterocycles. The van der Waals surface area contributed by atoms with E-state index in [1.54, 1.807) is 6.92 Å². The van der Waals surface area contributed by atoms with E-state index in [1.165, 1.54) is 6.08 Å². The van der Waals surface area contributed by atoms with Gasteiger partial charge in [-0.05, 0) is 24.5 Å². The molecule has 5 nitrogen and oxygen atoms in total. The van der Waals surface area contributed by atoms with Crippen LogP contribution in [0.4, 0.5) is 0 Å². The van der Waals surface area contributed by atoms with Crippen molar-refractivity contribution in [3.63, 3.8) is 0 Å². The highest BCUT2D eigenvalue weighted by Gasteiger charge is 2.79. The van der Waals surface area contributed by atoms with E-state index < -0.39 is 24.0 Å². The largest absolute Gasteiger partial charge is 0.460 e. The van der Waals surface area contributed by atoms with E-state index in [-0.39, 0.29) is 25.8 Å². The Bertz CT molecular complexity index is 886. The zero-order chi connectivity index (χ0) is 20.3. The number of carbonyl (C=O) groups is 1. The molecule has 1 saturated carbocycles. The standard InChI is InChI=1S/C22H26NO4P/c1-3-21(23)17-22(21,20(24)26-15-18-11-7-5-8-12-18)28(25,27-4-2)16-19-13-9-6-10-14-19/h3,5-14H,1,4,15-17,23H2,2H3. The minimum absolute atomic E-state index is 0.0894. The fourth-order valence-corrected chi connectivity index (χ4v) is 6.89. The minimum atomic E-state index is -3.52. The highest BCUT2D eigenvalue weighted by molar-refractivity contribution is 7.61. The van der Waals surface area contributed by atoms with Gasteiger partial charge in [-0.25, -0.2) is 0 Å². The molecule has 3 atom stereocenters. The molecule has 1 fully saturated rings. The molecule has 1 aliphatic rings. The van der Waals surface area contributed by atoms with Crippen LogP contribution < -0.4 is 5.73 Å². The molecule has 3 unspecified atom stereocenters. The summed E-state index contributed by atoms with van der Waals surface area (Å²) >= 11 is 0. The van der Waals surface area contributed by atoms with Crippen molar-refractivity contribution in [3.05, 3.63) is 84.4 Å². The highest BCUT2D eigenvalue weighted by atomic mass is 31.2. The van der Waals surface area contributed by atoms with Crippen molar-refractivity contribution in [1.82, 2.24) is 0 Å². The number of hydrogen-bond acceptors (Lipinski definition) is 5. The molecule has 1 aliphatic carbocycles. The lowest BCUT2D eigenvalue weighted by Crippen LogP contribution is -2.41. The molecule has 0 aliphatic heterocycles. The number of nitrogens with two attached hydrogens (primary N) is 1. The van der Waals surface area contributed by atoms with E-state index in [4.69, 9.17) is 15.0 Å². The molecule has 0 spiro atoms. The van der Waals surface area contributed by atoms with Gasteiger partial charge in [-0.3, -0.25) is 9.36 Å². The van der Waals surface area contributed by atoms with Crippen molar-refractivity contribution in [3.8, 4) is 0 Å². The molecule has 2 aromatic carbocycles. The van der Waals surface area contributed by atoms with Gasteiger partial charge in [-0.2, -0.15) is 0 Å². The van der Waals surface area contributed by atoms with Crippen LogP contribution in [-0.2, 0) is 31.4 Å². The molecule has 3 rings (SSSR count). The van der Waals surface area contributed by atoms with Crippen LogP contribution in [0.2, 0.25) is 0 Å². The van der Waals surface area contributed by atoms with Crippen LogP contribution in [0.1, 0.15) is 24.5 Å². The number of rotatable bonds is 9. The number of esters is 1. The van der Waals surface area contributed by atoms with Gasteiger partial charge in [0, 0.05) is 0 Å². The van der Waals surface area contributed by atoms with Gasteiger partial charge in [0.1, 0.15) is 6.61 Å². The number of benzene rings is 2. The zero-order valence-electron chi connectivity index (χ0n) is 16.0. The number of hydrogen-bond donors (Lipinski definition) is 1. The molecule has 2 N–H and O–H groups in total. The number of ether oxygens (including phenoxy) is 1. The maximum atomic E-state index is 14.0. The second kappa shape index (κ2) is 8.04. The predicted octanol–water partition coefficient (Wildman–Crippen LogP) is 4.27. The molecular formula is C22H26NO4P. The first kappa shape index (κ1) is 20.5. The van der Waals surface area contributed by atoms with E-state index in [0.717, 1.165) is 11.1 Å². The van der Waals surface area contributed by atoms with Crippen molar-refractivity contribution in [1.29, 1.82) is 0 Å². The van der Waals surface area contributed by atoms with E-state index in [1.807, 2.05) is 60.7 Å². The van der Waals surface area contributed by atoms with Gasteiger partial charge in [0.25, 0.3) is 0 Å². The van der Waals surface area contributed by atoms with E-state index >= 15 is 0 Å². The molecule has 0 radical (unpaired) electrons. The van der Waals surface area contributed by atoms with Crippen LogP contribution in [0.5, 0.6) is 0 Å². The van der Waals surface area contributed by atoms with Crippen molar-refractivity contribution in [2.75, 3.05) is 6.61 Å². The summed E-state index contributed by atoms with van der Waals surface area (Å²) < 4.78 is 25.4. The van der Waals surface area contributed by atoms with E-state index in [2.05, 4.69) is 6.58 Å². The Balaban J connectivity index is 1.91. The van der Waals surface area contributed by atoms with Crippen molar-refractivity contribution in [2.45, 2.75) is 36.8 Å². The summed E-state index contributed by atoms with van der Waals surface area (Å²) in [6.07, 6.45) is 1.81. The third-order valence-corrected chi connectivity index (χ3v) is 8.64. The summed E-state index contributed by atoms with van der Waals surface area (Å²) in [5, 5.41) is -1.41. The lowest BCUT2D eigenvalue weighted by Gasteiger charge is -2.29. The Morgan fingerprint density at radius 2 is 1.71 bits per heavy atom. The first-order valence-electron chi connectivity index (χ1n) is 9.32. The summed E-state index contributed by atoms with van der Waals surface area (Å²) in [5.74, 6) is -0.591. The van der Waals surface area contributed by atoms with E-state index in [0.29, 0.717) is 0 Å². The summed E-state index contributed by atoms with van der Waals surface area (Å²) in [6, 6.07) is 18.7. The Kier molecular flexibility index (Phi) is 5.90. The van der Waals surface area contributed by atoms with Gasteiger partial charge in [0.2, 0.25) is 7.37 Å². The predicted molar refractivity (Wildman–Crippen MR) is 110 cm³/mol. The van der Waals surface area contributed by atoms with Crippen molar-refractivity contribution in [2.24, 2.45) is 5.73 Å². The van der Waals surface area contributed by atoms with Crippen LogP contribution in [0.15, 0.2) is 73.3 Å². The van der Waals surface area contributed by atoms with E-state index in [9.17, 15) is 9.36 Å². The first-order valence-corrected chi connectivity index (χ1v) is 11.1. The molecule has 2 aromatic rings. The van der Waals surface area contributed by atoms with Gasteiger partial charge >= 0.3 is 5.97 Å². The lowest BCUT2D eigenvalue weighted by molar-refractivity contribution is -0.146. The third kappa shape index (κ3) is 3.58. The molecule has 28 heavy (non-hydrogen) atoms. The third-order valence-electron chi connectivity index (χ3n) is 5.26. The zero-order valence-corrected chi connectivity index (χ0v) is 16.9.